The summed E-state index contributed by atoms with van der Waals surface area (Å²) in [6.07, 6.45) is -1.01. The molecule has 164 valence electrons. The van der Waals surface area contributed by atoms with E-state index in [9.17, 15) is 18.8 Å². The largest absolute Gasteiger partial charge is 0.442 e. The maximum Gasteiger partial charge on any atom is 0.414 e. The van der Waals surface area contributed by atoms with Crippen molar-refractivity contribution in [2.75, 3.05) is 35.7 Å². The lowest BCUT2D eigenvalue weighted by molar-refractivity contribution is -0.116. The van der Waals surface area contributed by atoms with Crippen LogP contribution in [0.3, 0.4) is 0 Å². The summed E-state index contributed by atoms with van der Waals surface area (Å²) in [6.45, 7) is 3.93. The van der Waals surface area contributed by atoms with E-state index < -0.39 is 18.0 Å². The molecule has 1 N–H and O–H groups in total. The topological polar surface area (TPSA) is 79.0 Å². The Hall–Kier alpha value is -3.07. The number of amides is 3. The Bertz CT molecular complexity index is 983. The van der Waals surface area contributed by atoms with Crippen LogP contribution in [0.4, 0.5) is 20.6 Å². The Kier molecular flexibility index (Phi) is 7.17. The summed E-state index contributed by atoms with van der Waals surface area (Å²) in [6, 6.07) is 10.7. The first-order chi connectivity index (χ1) is 14.8. The van der Waals surface area contributed by atoms with E-state index in [-0.39, 0.29) is 24.9 Å². The van der Waals surface area contributed by atoms with E-state index in [4.69, 9.17) is 4.74 Å². The molecule has 1 aliphatic heterocycles. The van der Waals surface area contributed by atoms with Gasteiger partial charge in [0.15, 0.2) is 0 Å². The molecule has 1 heterocycles. The first kappa shape index (κ1) is 22.6. The highest BCUT2D eigenvalue weighted by Gasteiger charge is 2.33. The second-order valence-corrected chi connectivity index (χ2v) is 8.30. The van der Waals surface area contributed by atoms with E-state index in [1.165, 1.54) is 36.1 Å². The highest BCUT2D eigenvalue weighted by atomic mass is 32.2. The third-order valence-corrected chi connectivity index (χ3v) is 5.79. The van der Waals surface area contributed by atoms with Crippen molar-refractivity contribution in [3.05, 3.63) is 53.8 Å². The van der Waals surface area contributed by atoms with Crippen molar-refractivity contribution in [2.45, 2.75) is 24.8 Å². The van der Waals surface area contributed by atoms with Crippen LogP contribution in [0.15, 0.2) is 47.4 Å². The van der Waals surface area contributed by atoms with Gasteiger partial charge in [-0.1, -0.05) is 6.92 Å². The number of nitrogens with zero attached hydrogens (tertiary/aromatic N) is 2. The highest BCUT2D eigenvalue weighted by Crippen LogP contribution is 2.34. The number of carbonyl (C=O) groups excluding carboxylic acids is 3. The fraction of sp³-hybridized carbons (Fsp3) is 0.318. The Morgan fingerprint density at radius 2 is 1.97 bits per heavy atom. The summed E-state index contributed by atoms with van der Waals surface area (Å²) < 4.78 is 18.4. The molecular formula is C22H24FN3O4S. The van der Waals surface area contributed by atoms with Gasteiger partial charge in [0.1, 0.15) is 11.9 Å². The van der Waals surface area contributed by atoms with E-state index in [0.717, 1.165) is 16.3 Å². The third-order valence-electron chi connectivity index (χ3n) is 4.86. The van der Waals surface area contributed by atoms with Gasteiger partial charge < -0.3 is 15.0 Å². The summed E-state index contributed by atoms with van der Waals surface area (Å²) in [5.41, 5.74) is 1.77. The lowest BCUT2D eigenvalue weighted by atomic mass is 10.2. The number of ether oxygens (including phenoxy) is 1. The predicted molar refractivity (Wildman–Crippen MR) is 118 cm³/mol. The molecule has 0 spiro atoms. The van der Waals surface area contributed by atoms with Crippen LogP contribution >= 0.6 is 11.8 Å². The molecule has 0 radical (unpaired) electrons. The van der Waals surface area contributed by atoms with Crippen LogP contribution < -0.4 is 15.1 Å². The van der Waals surface area contributed by atoms with Gasteiger partial charge in [0, 0.05) is 30.1 Å². The Morgan fingerprint density at radius 1 is 1.26 bits per heavy atom. The second-order valence-electron chi connectivity index (χ2n) is 7.00. The zero-order valence-corrected chi connectivity index (χ0v) is 18.4. The van der Waals surface area contributed by atoms with Crippen molar-refractivity contribution in [1.82, 2.24) is 5.32 Å². The van der Waals surface area contributed by atoms with Crippen LogP contribution in [0.5, 0.6) is 0 Å². The standard InChI is InChI=1S/C22H24FN3O4S/c1-4-31-20-11-17(9-10-19(20)25(3)14(2)27)26-13-18(30-22(26)29)12-24-21(28)15-5-7-16(23)8-6-15/h5-11,18H,4,12-13H2,1-3H3,(H,24,28). The first-order valence-corrected chi connectivity index (χ1v) is 10.8. The van der Waals surface area contributed by atoms with Crippen molar-refractivity contribution in [3.63, 3.8) is 0 Å². The summed E-state index contributed by atoms with van der Waals surface area (Å²) in [5.74, 6) is -0.0564. The summed E-state index contributed by atoms with van der Waals surface area (Å²) >= 11 is 1.58. The number of halogens is 1. The Labute approximate surface area is 184 Å². The molecule has 1 saturated heterocycles. The van der Waals surface area contributed by atoms with E-state index in [1.807, 2.05) is 19.1 Å². The number of benzene rings is 2. The minimum Gasteiger partial charge on any atom is -0.442 e. The summed E-state index contributed by atoms with van der Waals surface area (Å²) in [7, 11) is 1.71. The zero-order valence-electron chi connectivity index (χ0n) is 17.6. The van der Waals surface area contributed by atoms with E-state index in [2.05, 4.69) is 5.32 Å². The molecule has 31 heavy (non-hydrogen) atoms. The highest BCUT2D eigenvalue weighted by molar-refractivity contribution is 7.99. The molecule has 0 aromatic heterocycles. The van der Waals surface area contributed by atoms with Crippen LogP contribution in [0.25, 0.3) is 0 Å². The van der Waals surface area contributed by atoms with Crippen LogP contribution in [0.2, 0.25) is 0 Å². The predicted octanol–water partition coefficient (Wildman–Crippen LogP) is 3.68. The molecule has 9 heteroatoms. The lowest BCUT2D eigenvalue weighted by Gasteiger charge is -2.21. The van der Waals surface area contributed by atoms with Crippen LogP contribution in [-0.2, 0) is 9.53 Å². The molecule has 7 nitrogen and oxygen atoms in total. The average molecular weight is 446 g/mol. The van der Waals surface area contributed by atoms with Crippen molar-refractivity contribution in [1.29, 1.82) is 0 Å². The molecule has 1 aliphatic rings. The van der Waals surface area contributed by atoms with Gasteiger partial charge in [-0.25, -0.2) is 9.18 Å². The Balaban J connectivity index is 1.68. The van der Waals surface area contributed by atoms with Gasteiger partial charge in [-0.3, -0.25) is 14.5 Å². The number of cyclic esters (lactones) is 1. The van der Waals surface area contributed by atoms with E-state index in [1.54, 1.807) is 29.8 Å². The van der Waals surface area contributed by atoms with Gasteiger partial charge in [0.2, 0.25) is 5.91 Å². The normalized spacial score (nSPS) is 15.5. The van der Waals surface area contributed by atoms with Gasteiger partial charge in [0.05, 0.1) is 18.8 Å². The molecule has 0 bridgehead atoms. The number of rotatable bonds is 7. The molecule has 1 fully saturated rings. The number of carbonyl (C=O) groups is 3. The molecule has 0 aliphatic carbocycles. The minimum atomic E-state index is -0.515. The number of thioether (sulfide) groups is 1. The third kappa shape index (κ3) is 5.35. The molecule has 3 amide bonds. The van der Waals surface area contributed by atoms with Crippen molar-refractivity contribution < 1.29 is 23.5 Å². The van der Waals surface area contributed by atoms with Crippen molar-refractivity contribution in [2.24, 2.45) is 0 Å². The number of hydrogen-bond donors (Lipinski definition) is 1. The summed E-state index contributed by atoms with van der Waals surface area (Å²) in [4.78, 5) is 40.3. The molecule has 2 aromatic rings. The molecule has 1 atom stereocenters. The molecule has 1 unspecified atom stereocenters. The number of hydrogen-bond acceptors (Lipinski definition) is 5. The maximum atomic E-state index is 13.0. The smallest absolute Gasteiger partial charge is 0.414 e. The quantitative estimate of drug-likeness (QED) is 0.658. The second kappa shape index (κ2) is 9.82. The fourth-order valence-electron chi connectivity index (χ4n) is 3.14. The van der Waals surface area contributed by atoms with Crippen LogP contribution in [0.1, 0.15) is 24.2 Å². The van der Waals surface area contributed by atoms with Crippen molar-refractivity contribution >= 4 is 41.0 Å². The van der Waals surface area contributed by atoms with Crippen LogP contribution in [-0.4, -0.2) is 49.9 Å². The zero-order chi connectivity index (χ0) is 22.5. The average Bonchev–Trinajstić information content (AvgIpc) is 3.12. The number of anilines is 2. The molecule has 0 saturated carbocycles. The summed E-state index contributed by atoms with van der Waals surface area (Å²) in [5, 5.41) is 2.71. The molecule has 2 aromatic carbocycles. The van der Waals surface area contributed by atoms with Gasteiger partial charge in [-0.2, -0.15) is 0 Å². The molecular weight excluding hydrogens is 421 g/mol. The van der Waals surface area contributed by atoms with Gasteiger partial charge in [-0.15, -0.1) is 11.8 Å². The fourth-order valence-corrected chi connectivity index (χ4v) is 4.01. The lowest BCUT2D eigenvalue weighted by Crippen LogP contribution is -2.34. The monoisotopic (exact) mass is 445 g/mol. The Morgan fingerprint density at radius 3 is 2.61 bits per heavy atom. The number of nitrogens with one attached hydrogen (secondary N) is 1. The maximum absolute atomic E-state index is 13.0. The van der Waals surface area contributed by atoms with Gasteiger partial charge in [-0.05, 0) is 48.2 Å². The first-order valence-electron chi connectivity index (χ1n) is 9.83. The van der Waals surface area contributed by atoms with E-state index in [0.29, 0.717) is 11.3 Å². The van der Waals surface area contributed by atoms with Crippen LogP contribution in [0, 0.1) is 5.82 Å². The van der Waals surface area contributed by atoms with Gasteiger partial charge >= 0.3 is 6.09 Å². The molecule has 3 rings (SSSR count). The van der Waals surface area contributed by atoms with Crippen molar-refractivity contribution in [3.8, 4) is 0 Å². The SMILES string of the molecule is CCSc1cc(N2CC(CNC(=O)c3ccc(F)cc3)OC2=O)ccc1N(C)C(C)=O. The van der Waals surface area contributed by atoms with E-state index >= 15 is 0 Å². The van der Waals surface area contributed by atoms with Gasteiger partial charge in [0.25, 0.3) is 5.91 Å². The minimum absolute atomic E-state index is 0.0803.